The molecule has 2 rings (SSSR count). The van der Waals surface area contributed by atoms with Crippen LogP contribution in [0.4, 0.5) is 0 Å². The monoisotopic (exact) mass is 184 g/mol. The minimum atomic E-state index is -0.602. The fourth-order valence-electron chi connectivity index (χ4n) is 2.23. The zero-order chi connectivity index (χ0) is 9.64. The van der Waals surface area contributed by atoms with E-state index >= 15 is 0 Å². The van der Waals surface area contributed by atoms with E-state index in [0.29, 0.717) is 12.8 Å². The van der Waals surface area contributed by atoms with E-state index in [1.807, 2.05) is 0 Å². The normalized spacial score (nSPS) is 42.5. The Balaban J connectivity index is 2.20. The number of hydrogen-bond acceptors (Lipinski definition) is 4. The maximum Gasteiger partial charge on any atom is 0.311 e. The number of carbonyl (C=O) groups is 2. The van der Waals surface area contributed by atoms with Crippen LogP contribution in [-0.4, -0.2) is 30.6 Å². The zero-order valence-electron chi connectivity index (χ0n) is 7.70. The zero-order valence-corrected chi connectivity index (χ0v) is 7.70. The van der Waals surface area contributed by atoms with Crippen molar-refractivity contribution in [1.29, 1.82) is 0 Å². The fourth-order valence-corrected chi connectivity index (χ4v) is 2.23. The maximum atomic E-state index is 11.3. The summed E-state index contributed by atoms with van der Waals surface area (Å²) in [6, 6.07) is 0. The molecule has 4 heteroatoms. The second-order valence-corrected chi connectivity index (χ2v) is 3.87. The third-order valence-corrected chi connectivity index (χ3v) is 2.97. The quantitative estimate of drug-likeness (QED) is 0.550. The highest BCUT2D eigenvalue weighted by molar-refractivity contribution is 5.90. The lowest BCUT2D eigenvalue weighted by atomic mass is 9.79. The van der Waals surface area contributed by atoms with Gasteiger partial charge < -0.3 is 9.47 Å². The lowest BCUT2D eigenvalue weighted by Gasteiger charge is -2.25. The molecular weight excluding hydrogens is 172 g/mol. The molecule has 72 valence electrons. The molecule has 2 saturated heterocycles. The Bertz CT molecular complexity index is 273. The Morgan fingerprint density at radius 2 is 2.38 bits per heavy atom. The molecule has 0 aromatic carbocycles. The van der Waals surface area contributed by atoms with E-state index in [1.165, 1.54) is 7.11 Å². The van der Waals surface area contributed by atoms with Gasteiger partial charge in [-0.2, -0.15) is 0 Å². The second-order valence-electron chi connectivity index (χ2n) is 3.87. The smallest absolute Gasteiger partial charge is 0.311 e. The van der Waals surface area contributed by atoms with E-state index < -0.39 is 5.60 Å². The average Bonchev–Trinajstić information content (AvgIpc) is 2.54. The van der Waals surface area contributed by atoms with Gasteiger partial charge in [-0.15, -0.1) is 0 Å². The van der Waals surface area contributed by atoms with Crippen molar-refractivity contribution in [2.75, 3.05) is 7.11 Å². The van der Waals surface area contributed by atoms with E-state index in [0.717, 1.165) is 0 Å². The first kappa shape index (κ1) is 8.69. The lowest BCUT2D eigenvalue weighted by Crippen LogP contribution is -2.38. The topological polar surface area (TPSA) is 52.6 Å². The molecule has 4 nitrogen and oxygen atoms in total. The van der Waals surface area contributed by atoms with Crippen molar-refractivity contribution in [3.8, 4) is 0 Å². The molecular formula is C9H12O4. The third kappa shape index (κ3) is 1.09. The molecule has 3 atom stereocenters. The summed E-state index contributed by atoms with van der Waals surface area (Å²) in [7, 11) is 1.36. The van der Waals surface area contributed by atoms with E-state index in [-0.39, 0.29) is 23.8 Å². The molecule has 0 radical (unpaired) electrons. The highest BCUT2D eigenvalue weighted by Crippen LogP contribution is 2.45. The van der Waals surface area contributed by atoms with Gasteiger partial charge in [0.15, 0.2) is 5.78 Å². The van der Waals surface area contributed by atoms with Gasteiger partial charge in [0, 0.05) is 6.42 Å². The van der Waals surface area contributed by atoms with Crippen molar-refractivity contribution in [2.45, 2.75) is 31.5 Å². The third-order valence-electron chi connectivity index (χ3n) is 2.97. The summed E-state index contributed by atoms with van der Waals surface area (Å²) in [5.41, 5.74) is -0.602. The molecule has 2 heterocycles. The average molecular weight is 184 g/mol. The standard InChI is InChI=1S/C9H12O4/c1-9-4-6(10)7(13-9)3-5(9)8(11)12-2/h5,7H,3-4H2,1-2H3/t5-,7-,9-/m1/s1. The Morgan fingerprint density at radius 3 is 2.77 bits per heavy atom. The molecule has 13 heavy (non-hydrogen) atoms. The first-order valence-electron chi connectivity index (χ1n) is 4.35. The van der Waals surface area contributed by atoms with E-state index in [9.17, 15) is 9.59 Å². The number of methoxy groups -OCH3 is 1. The van der Waals surface area contributed by atoms with Gasteiger partial charge >= 0.3 is 5.97 Å². The van der Waals surface area contributed by atoms with Crippen molar-refractivity contribution < 1.29 is 19.1 Å². The summed E-state index contributed by atoms with van der Waals surface area (Å²) < 4.78 is 10.1. The predicted octanol–water partition coefficient (Wildman–Crippen LogP) is 0.296. The Morgan fingerprint density at radius 1 is 1.69 bits per heavy atom. The second kappa shape index (κ2) is 2.54. The molecule has 0 amide bonds. The molecule has 0 N–H and O–H groups in total. The number of Topliss-reactive ketones (excluding diaryl/α,β-unsaturated/α-hetero) is 1. The summed E-state index contributed by atoms with van der Waals surface area (Å²) >= 11 is 0. The SMILES string of the molecule is COC(=O)[C@H]1C[C@H]2O[C@]1(C)CC2=O. The molecule has 2 aliphatic rings. The van der Waals surface area contributed by atoms with Crippen LogP contribution in [0.2, 0.25) is 0 Å². The number of rotatable bonds is 1. The summed E-state index contributed by atoms with van der Waals surface area (Å²) in [5.74, 6) is -0.416. The molecule has 2 fully saturated rings. The van der Waals surface area contributed by atoms with Gasteiger partial charge in [-0.3, -0.25) is 9.59 Å². The minimum absolute atomic E-state index is 0.114. The maximum absolute atomic E-state index is 11.3. The van der Waals surface area contributed by atoms with Crippen LogP contribution in [0.1, 0.15) is 19.8 Å². The molecule has 0 aliphatic carbocycles. The number of hydrogen-bond donors (Lipinski definition) is 0. The van der Waals surface area contributed by atoms with Crippen LogP contribution >= 0.6 is 0 Å². The Hall–Kier alpha value is -0.900. The van der Waals surface area contributed by atoms with Gasteiger partial charge in [0.1, 0.15) is 6.10 Å². The van der Waals surface area contributed by atoms with Crippen LogP contribution in [0.3, 0.4) is 0 Å². The van der Waals surface area contributed by atoms with Crippen molar-refractivity contribution in [2.24, 2.45) is 5.92 Å². The molecule has 0 unspecified atom stereocenters. The van der Waals surface area contributed by atoms with Crippen molar-refractivity contribution in [3.63, 3.8) is 0 Å². The number of ether oxygens (including phenoxy) is 2. The van der Waals surface area contributed by atoms with E-state index in [4.69, 9.17) is 4.74 Å². The Labute approximate surface area is 76.2 Å². The highest BCUT2D eigenvalue weighted by atomic mass is 16.5. The summed E-state index contributed by atoms with van der Waals surface area (Å²) in [5, 5.41) is 0. The molecule has 0 aromatic heterocycles. The number of esters is 1. The Kier molecular flexibility index (Phi) is 1.70. The lowest BCUT2D eigenvalue weighted by molar-refractivity contribution is -0.150. The van der Waals surface area contributed by atoms with Gasteiger partial charge in [-0.25, -0.2) is 0 Å². The summed E-state index contributed by atoms with van der Waals surface area (Å²) in [6.07, 6.45) is 0.466. The van der Waals surface area contributed by atoms with E-state index in [1.54, 1.807) is 6.92 Å². The molecule has 0 saturated carbocycles. The van der Waals surface area contributed by atoms with Gasteiger partial charge in [0.05, 0.1) is 18.6 Å². The van der Waals surface area contributed by atoms with Crippen LogP contribution in [0.5, 0.6) is 0 Å². The molecule has 0 spiro atoms. The summed E-state index contributed by atoms with van der Waals surface area (Å²) in [4.78, 5) is 22.5. The van der Waals surface area contributed by atoms with Gasteiger partial charge in [-0.05, 0) is 13.3 Å². The van der Waals surface area contributed by atoms with Gasteiger partial charge in [0.25, 0.3) is 0 Å². The fraction of sp³-hybridized carbons (Fsp3) is 0.778. The molecule has 2 aliphatic heterocycles. The van der Waals surface area contributed by atoms with Crippen molar-refractivity contribution in [3.05, 3.63) is 0 Å². The van der Waals surface area contributed by atoms with Crippen molar-refractivity contribution in [1.82, 2.24) is 0 Å². The largest absolute Gasteiger partial charge is 0.469 e. The van der Waals surface area contributed by atoms with Crippen LogP contribution < -0.4 is 0 Å². The number of ketones is 1. The van der Waals surface area contributed by atoms with E-state index in [2.05, 4.69) is 4.74 Å². The molecule has 0 aromatic rings. The summed E-state index contributed by atoms with van der Waals surface area (Å²) in [6.45, 7) is 1.81. The first-order chi connectivity index (χ1) is 6.07. The number of carbonyl (C=O) groups excluding carboxylic acids is 2. The van der Waals surface area contributed by atoms with Crippen LogP contribution in [-0.2, 0) is 19.1 Å². The number of fused-ring (bicyclic) bond motifs is 2. The minimum Gasteiger partial charge on any atom is -0.469 e. The van der Waals surface area contributed by atoms with Gasteiger partial charge in [-0.1, -0.05) is 0 Å². The van der Waals surface area contributed by atoms with Crippen LogP contribution in [0, 0.1) is 5.92 Å². The first-order valence-corrected chi connectivity index (χ1v) is 4.35. The predicted molar refractivity (Wildman–Crippen MR) is 43.0 cm³/mol. The van der Waals surface area contributed by atoms with Crippen LogP contribution in [0.25, 0.3) is 0 Å². The van der Waals surface area contributed by atoms with Crippen LogP contribution in [0.15, 0.2) is 0 Å². The molecule has 2 bridgehead atoms. The highest BCUT2D eigenvalue weighted by Gasteiger charge is 2.58. The van der Waals surface area contributed by atoms with Gasteiger partial charge in [0.2, 0.25) is 0 Å². The van der Waals surface area contributed by atoms with Crippen molar-refractivity contribution >= 4 is 11.8 Å².